The van der Waals surface area contributed by atoms with Crippen LogP contribution in [0.2, 0.25) is 0 Å². The van der Waals surface area contributed by atoms with Gasteiger partial charge in [-0.3, -0.25) is 0 Å². The summed E-state index contributed by atoms with van der Waals surface area (Å²) in [6.45, 7) is 0.964. The van der Waals surface area contributed by atoms with Gasteiger partial charge in [0, 0.05) is 29.3 Å². The van der Waals surface area contributed by atoms with Gasteiger partial charge < -0.3 is 15.8 Å². The molecule has 0 spiro atoms. The zero-order valence-electron chi connectivity index (χ0n) is 14.4. The Morgan fingerprint density at radius 3 is 2.65 bits per heavy atom. The first-order valence-corrected chi connectivity index (χ1v) is 8.78. The SMILES string of the molecule is COCc1ccccc1NC(N)=NCc1nc(-c2ccccc2)cs1.I. The maximum absolute atomic E-state index is 6.01. The predicted octanol–water partition coefficient (Wildman–Crippen LogP) is 4.50. The largest absolute Gasteiger partial charge is 0.380 e. The summed E-state index contributed by atoms with van der Waals surface area (Å²) in [4.78, 5) is 9.00. The third kappa shape index (κ3) is 5.52. The van der Waals surface area contributed by atoms with Crippen LogP contribution in [0.25, 0.3) is 11.3 Å². The van der Waals surface area contributed by atoms with Crippen molar-refractivity contribution in [3.05, 3.63) is 70.5 Å². The highest BCUT2D eigenvalue weighted by atomic mass is 127. The highest BCUT2D eigenvalue weighted by Gasteiger charge is 2.05. The number of guanidine groups is 1. The van der Waals surface area contributed by atoms with E-state index in [-0.39, 0.29) is 24.0 Å². The molecule has 1 aromatic heterocycles. The Hall–Kier alpha value is -1.97. The molecule has 0 radical (unpaired) electrons. The quantitative estimate of drug-likeness (QED) is 0.310. The van der Waals surface area contributed by atoms with Crippen LogP contribution in [0.1, 0.15) is 10.6 Å². The number of hydrogen-bond acceptors (Lipinski definition) is 4. The normalized spacial score (nSPS) is 11.0. The molecule has 0 saturated carbocycles. The molecule has 0 aliphatic rings. The van der Waals surface area contributed by atoms with Gasteiger partial charge in [-0.15, -0.1) is 35.3 Å². The number of ether oxygens (including phenoxy) is 1. The van der Waals surface area contributed by atoms with Gasteiger partial charge in [0.2, 0.25) is 0 Å². The van der Waals surface area contributed by atoms with E-state index in [1.807, 2.05) is 60.0 Å². The molecule has 7 heteroatoms. The molecule has 0 saturated heterocycles. The van der Waals surface area contributed by atoms with Crippen molar-refractivity contribution in [1.82, 2.24) is 4.98 Å². The van der Waals surface area contributed by atoms with E-state index in [0.717, 1.165) is 27.5 Å². The molecule has 3 N–H and O–H groups in total. The van der Waals surface area contributed by atoms with Gasteiger partial charge in [0.25, 0.3) is 0 Å². The summed E-state index contributed by atoms with van der Waals surface area (Å²) in [5.41, 5.74) is 10.0. The molecule has 2 aromatic carbocycles. The van der Waals surface area contributed by atoms with Crippen LogP contribution in [-0.2, 0) is 17.9 Å². The molecule has 0 aliphatic carbocycles. The highest BCUT2D eigenvalue weighted by molar-refractivity contribution is 14.0. The Morgan fingerprint density at radius 1 is 1.15 bits per heavy atom. The number of hydrogen-bond donors (Lipinski definition) is 2. The van der Waals surface area contributed by atoms with E-state index in [1.165, 1.54) is 0 Å². The van der Waals surface area contributed by atoms with E-state index >= 15 is 0 Å². The molecule has 136 valence electrons. The lowest BCUT2D eigenvalue weighted by atomic mass is 10.2. The van der Waals surface area contributed by atoms with Crippen LogP contribution < -0.4 is 11.1 Å². The summed E-state index contributed by atoms with van der Waals surface area (Å²) in [5.74, 6) is 0.361. The Balaban J connectivity index is 0.00000243. The summed E-state index contributed by atoms with van der Waals surface area (Å²) in [6.07, 6.45) is 0. The first-order chi connectivity index (χ1) is 12.3. The van der Waals surface area contributed by atoms with Gasteiger partial charge >= 0.3 is 0 Å². The molecule has 0 bridgehead atoms. The van der Waals surface area contributed by atoms with Gasteiger partial charge in [-0.05, 0) is 6.07 Å². The second-order valence-electron chi connectivity index (χ2n) is 5.41. The van der Waals surface area contributed by atoms with Crippen molar-refractivity contribution in [3.8, 4) is 11.3 Å². The van der Waals surface area contributed by atoms with Crippen LogP contribution >= 0.6 is 35.3 Å². The zero-order valence-corrected chi connectivity index (χ0v) is 17.5. The summed E-state index contributed by atoms with van der Waals surface area (Å²) in [6, 6.07) is 18.0. The predicted molar refractivity (Wildman–Crippen MR) is 119 cm³/mol. The van der Waals surface area contributed by atoms with E-state index in [0.29, 0.717) is 19.1 Å². The van der Waals surface area contributed by atoms with E-state index in [2.05, 4.69) is 15.3 Å². The first-order valence-electron chi connectivity index (χ1n) is 7.90. The molecule has 0 aliphatic heterocycles. The molecule has 3 aromatic rings. The lowest BCUT2D eigenvalue weighted by Crippen LogP contribution is -2.23. The molecule has 1 heterocycles. The number of anilines is 1. The van der Waals surface area contributed by atoms with Crippen molar-refractivity contribution in [2.45, 2.75) is 13.2 Å². The summed E-state index contributed by atoms with van der Waals surface area (Å²) < 4.78 is 5.20. The van der Waals surface area contributed by atoms with Crippen LogP contribution in [0.4, 0.5) is 5.69 Å². The Labute approximate surface area is 174 Å². The molecule has 0 amide bonds. The molecule has 26 heavy (non-hydrogen) atoms. The van der Waals surface area contributed by atoms with Gasteiger partial charge in [0.15, 0.2) is 5.96 Å². The average Bonchev–Trinajstić information content (AvgIpc) is 3.12. The number of para-hydroxylation sites is 1. The van der Waals surface area contributed by atoms with Crippen LogP contribution in [0.5, 0.6) is 0 Å². The third-order valence-electron chi connectivity index (χ3n) is 3.59. The lowest BCUT2D eigenvalue weighted by Gasteiger charge is -2.10. The maximum atomic E-state index is 6.01. The van der Waals surface area contributed by atoms with Crippen molar-refractivity contribution in [1.29, 1.82) is 0 Å². The highest BCUT2D eigenvalue weighted by Crippen LogP contribution is 2.22. The number of nitrogens with one attached hydrogen (secondary N) is 1. The van der Waals surface area contributed by atoms with Gasteiger partial charge in [0.05, 0.1) is 18.8 Å². The fourth-order valence-corrected chi connectivity index (χ4v) is 3.11. The monoisotopic (exact) mass is 480 g/mol. The second-order valence-corrected chi connectivity index (χ2v) is 6.35. The van der Waals surface area contributed by atoms with Crippen LogP contribution in [-0.4, -0.2) is 18.1 Å². The first kappa shape index (κ1) is 20.3. The summed E-state index contributed by atoms with van der Waals surface area (Å²) in [7, 11) is 1.67. The van der Waals surface area contributed by atoms with Gasteiger partial charge in [0.1, 0.15) is 5.01 Å². The topological polar surface area (TPSA) is 72.5 Å². The maximum Gasteiger partial charge on any atom is 0.193 e. The van der Waals surface area contributed by atoms with Gasteiger partial charge in [-0.1, -0.05) is 48.5 Å². The Morgan fingerprint density at radius 2 is 1.88 bits per heavy atom. The number of nitrogens with zero attached hydrogens (tertiary/aromatic N) is 2. The molecule has 0 atom stereocenters. The van der Waals surface area contributed by atoms with Gasteiger partial charge in [-0.25, -0.2) is 9.98 Å². The van der Waals surface area contributed by atoms with Gasteiger partial charge in [-0.2, -0.15) is 0 Å². The minimum Gasteiger partial charge on any atom is -0.380 e. The molecular weight excluding hydrogens is 459 g/mol. The van der Waals surface area contributed by atoms with Crippen molar-refractivity contribution in [3.63, 3.8) is 0 Å². The molecule has 0 fully saturated rings. The smallest absolute Gasteiger partial charge is 0.193 e. The zero-order chi connectivity index (χ0) is 17.5. The molecule has 0 unspecified atom stereocenters. The van der Waals surface area contributed by atoms with E-state index in [1.54, 1.807) is 18.4 Å². The van der Waals surface area contributed by atoms with Crippen LogP contribution in [0, 0.1) is 0 Å². The standard InChI is InChI=1S/C19H20N4OS.HI/c1-24-12-15-9-5-6-10-16(15)23-19(20)21-11-18-22-17(13-25-18)14-7-3-2-4-8-14;/h2-10,13H,11-12H2,1H3,(H3,20,21,23);1H. The van der Waals surface area contributed by atoms with Crippen LogP contribution in [0.15, 0.2) is 65.0 Å². The molecule has 3 rings (SSSR count). The second kappa shape index (κ2) is 10.2. The number of rotatable bonds is 6. The van der Waals surface area contributed by atoms with E-state index in [9.17, 15) is 0 Å². The average molecular weight is 480 g/mol. The van der Waals surface area contributed by atoms with Crippen molar-refractivity contribution >= 4 is 47.0 Å². The minimum atomic E-state index is 0. The number of methoxy groups -OCH3 is 1. The number of halogens is 1. The Kier molecular flexibility index (Phi) is 8.02. The molecule has 5 nitrogen and oxygen atoms in total. The summed E-state index contributed by atoms with van der Waals surface area (Å²) >= 11 is 1.58. The van der Waals surface area contributed by atoms with Crippen molar-refractivity contribution in [2.24, 2.45) is 10.7 Å². The fourth-order valence-electron chi connectivity index (χ4n) is 2.38. The minimum absolute atomic E-state index is 0. The summed E-state index contributed by atoms with van der Waals surface area (Å²) in [5, 5.41) is 6.09. The van der Waals surface area contributed by atoms with Crippen molar-refractivity contribution in [2.75, 3.05) is 12.4 Å². The van der Waals surface area contributed by atoms with E-state index < -0.39 is 0 Å². The number of aliphatic imine (C=N–C) groups is 1. The van der Waals surface area contributed by atoms with E-state index in [4.69, 9.17) is 10.5 Å². The number of thiazole rings is 1. The number of benzene rings is 2. The lowest BCUT2D eigenvalue weighted by molar-refractivity contribution is 0.185. The van der Waals surface area contributed by atoms with Crippen molar-refractivity contribution < 1.29 is 4.74 Å². The number of nitrogens with two attached hydrogens (primary N) is 1. The Bertz CT molecular complexity index is 852. The van der Waals surface area contributed by atoms with Crippen LogP contribution in [0.3, 0.4) is 0 Å². The fraction of sp³-hybridized carbons (Fsp3) is 0.158. The third-order valence-corrected chi connectivity index (χ3v) is 4.42. The number of aromatic nitrogens is 1. The molecular formula is C19H21IN4OS.